The highest BCUT2D eigenvalue weighted by molar-refractivity contribution is 5.72. The van der Waals surface area contributed by atoms with E-state index in [0.717, 1.165) is 59.5 Å². The summed E-state index contributed by atoms with van der Waals surface area (Å²) >= 11 is 0. The van der Waals surface area contributed by atoms with Gasteiger partial charge in [0.1, 0.15) is 5.82 Å². The molecular weight excluding hydrogens is 434 g/mol. The van der Waals surface area contributed by atoms with Crippen molar-refractivity contribution in [3.63, 3.8) is 0 Å². The number of hydrogen-bond donors (Lipinski definition) is 0. The summed E-state index contributed by atoms with van der Waals surface area (Å²) in [6.45, 7) is 6.22. The van der Waals surface area contributed by atoms with E-state index in [0.29, 0.717) is 23.9 Å². The number of nitrogens with zero attached hydrogens (tertiary/aromatic N) is 7. The molecular formula is C28H29N7. The van der Waals surface area contributed by atoms with Gasteiger partial charge in [-0.1, -0.05) is 19.1 Å². The Balaban J connectivity index is 1.36. The molecule has 0 saturated carbocycles. The van der Waals surface area contributed by atoms with Crippen molar-refractivity contribution in [2.45, 2.75) is 13.5 Å². The fourth-order valence-corrected chi connectivity index (χ4v) is 5.49. The lowest BCUT2D eigenvalue weighted by atomic mass is 9.98. The maximum absolute atomic E-state index is 9.13. The maximum atomic E-state index is 9.13. The van der Waals surface area contributed by atoms with Gasteiger partial charge in [-0.15, -0.1) is 0 Å². The average molecular weight is 464 g/mol. The summed E-state index contributed by atoms with van der Waals surface area (Å²) in [7, 11) is 4.30. The van der Waals surface area contributed by atoms with Gasteiger partial charge in [-0.2, -0.15) is 5.26 Å². The number of aromatic nitrogens is 4. The van der Waals surface area contributed by atoms with Crippen molar-refractivity contribution in [1.82, 2.24) is 24.0 Å². The fourth-order valence-electron chi connectivity index (χ4n) is 5.49. The van der Waals surface area contributed by atoms with Gasteiger partial charge in [0.05, 0.1) is 35.3 Å². The van der Waals surface area contributed by atoms with Gasteiger partial charge in [-0.05, 0) is 61.8 Å². The minimum Gasteiger partial charge on any atom is -0.356 e. The molecule has 2 aliphatic heterocycles. The second-order valence-electron chi connectivity index (χ2n) is 10.1. The van der Waals surface area contributed by atoms with E-state index < -0.39 is 0 Å². The van der Waals surface area contributed by atoms with Crippen LogP contribution in [0.5, 0.6) is 0 Å². The van der Waals surface area contributed by atoms with Crippen molar-refractivity contribution in [2.75, 3.05) is 38.6 Å². The van der Waals surface area contributed by atoms with E-state index in [1.165, 1.54) is 0 Å². The molecule has 0 N–H and O–H groups in total. The molecule has 35 heavy (non-hydrogen) atoms. The van der Waals surface area contributed by atoms with Crippen LogP contribution in [0.15, 0.2) is 61.1 Å². The molecule has 2 atom stereocenters. The molecule has 7 nitrogen and oxygen atoms in total. The molecule has 1 aromatic carbocycles. The van der Waals surface area contributed by atoms with Gasteiger partial charge < -0.3 is 14.4 Å². The van der Waals surface area contributed by atoms with Crippen LogP contribution in [-0.4, -0.2) is 57.7 Å². The number of imidazole rings is 1. The number of rotatable bonds is 4. The smallest absolute Gasteiger partial charge is 0.161 e. The van der Waals surface area contributed by atoms with E-state index >= 15 is 0 Å². The third-order valence-corrected chi connectivity index (χ3v) is 7.32. The summed E-state index contributed by atoms with van der Waals surface area (Å²) in [5.41, 5.74) is 6.06. The monoisotopic (exact) mass is 463 g/mol. The molecule has 2 aliphatic rings. The van der Waals surface area contributed by atoms with E-state index in [4.69, 9.17) is 15.2 Å². The number of fused-ring (bicyclic) bond motifs is 5. The second-order valence-corrected chi connectivity index (χ2v) is 10.1. The van der Waals surface area contributed by atoms with Crippen LogP contribution < -0.4 is 4.90 Å². The van der Waals surface area contributed by atoms with Crippen LogP contribution in [0.3, 0.4) is 0 Å². The molecule has 0 unspecified atom stereocenters. The fraction of sp³-hybridized carbons (Fsp3) is 0.321. The summed E-state index contributed by atoms with van der Waals surface area (Å²) < 4.78 is 4.39. The molecule has 1 fully saturated rings. The highest BCUT2D eigenvalue weighted by atomic mass is 15.2. The first kappa shape index (κ1) is 21.6. The van der Waals surface area contributed by atoms with Gasteiger partial charge in [-0.25, -0.2) is 9.97 Å². The molecule has 0 amide bonds. The third kappa shape index (κ3) is 3.80. The Morgan fingerprint density at radius 3 is 2.69 bits per heavy atom. The standard InChI is InChI=1S/C28H29N7/c1-19-14-34(17-23(19)15-32(2)3)27-9-8-25-24(31-27)18-33-16-22(21-6-4-20(13-29)5-7-21)12-26(33)28-30-10-11-35(25)28/h4-12,16,19,23H,14-15,17-18H2,1-3H3/t19-,23+/m0/s1. The van der Waals surface area contributed by atoms with Crippen molar-refractivity contribution in [3.05, 3.63) is 72.3 Å². The molecule has 0 aliphatic carbocycles. The zero-order chi connectivity index (χ0) is 24.1. The third-order valence-electron chi connectivity index (χ3n) is 7.32. The van der Waals surface area contributed by atoms with E-state index in [9.17, 15) is 0 Å². The van der Waals surface area contributed by atoms with Crippen LogP contribution >= 0.6 is 0 Å². The predicted molar refractivity (Wildman–Crippen MR) is 137 cm³/mol. The van der Waals surface area contributed by atoms with Crippen LogP contribution in [0, 0.1) is 23.2 Å². The molecule has 7 heteroatoms. The van der Waals surface area contributed by atoms with E-state index in [1.54, 1.807) is 0 Å². The lowest BCUT2D eigenvalue weighted by Crippen LogP contribution is -2.27. The van der Waals surface area contributed by atoms with Crippen molar-refractivity contribution >= 4 is 5.82 Å². The largest absolute Gasteiger partial charge is 0.356 e. The van der Waals surface area contributed by atoms with Crippen molar-refractivity contribution in [1.29, 1.82) is 5.26 Å². The average Bonchev–Trinajstić information content (AvgIpc) is 3.56. The first-order chi connectivity index (χ1) is 17.0. The topological polar surface area (TPSA) is 65.9 Å². The highest BCUT2D eigenvalue weighted by Crippen LogP contribution is 2.35. The zero-order valence-corrected chi connectivity index (χ0v) is 20.4. The minimum atomic E-state index is 0.643. The predicted octanol–water partition coefficient (Wildman–Crippen LogP) is 4.27. The van der Waals surface area contributed by atoms with E-state index in [1.807, 2.05) is 36.7 Å². The first-order valence-corrected chi connectivity index (χ1v) is 12.1. The molecule has 4 aromatic rings. The Hall–Kier alpha value is -3.89. The molecule has 176 valence electrons. The maximum Gasteiger partial charge on any atom is 0.161 e. The molecule has 0 radical (unpaired) electrons. The van der Waals surface area contributed by atoms with Gasteiger partial charge in [0.2, 0.25) is 0 Å². The Kier molecular flexibility index (Phi) is 5.19. The Morgan fingerprint density at radius 1 is 1.09 bits per heavy atom. The van der Waals surface area contributed by atoms with Crippen LogP contribution in [0.25, 0.3) is 28.3 Å². The summed E-state index contributed by atoms with van der Waals surface area (Å²) in [5, 5.41) is 9.13. The molecule has 6 rings (SSSR count). The van der Waals surface area contributed by atoms with Crippen LogP contribution in [0.4, 0.5) is 5.82 Å². The van der Waals surface area contributed by atoms with Crippen molar-refractivity contribution < 1.29 is 0 Å². The summed E-state index contributed by atoms with van der Waals surface area (Å²) in [6.07, 6.45) is 6.04. The quantitative estimate of drug-likeness (QED) is 0.398. The van der Waals surface area contributed by atoms with Crippen LogP contribution in [0.2, 0.25) is 0 Å². The SMILES string of the molecule is C[C@H]1CN(c2ccc3c(n2)Cn2cc(-c4ccc(C#N)cc4)cc2-c2nccn2-3)C[C@H]1CN(C)C. The van der Waals surface area contributed by atoms with Crippen LogP contribution in [0.1, 0.15) is 18.2 Å². The Morgan fingerprint density at radius 2 is 1.91 bits per heavy atom. The number of nitriles is 1. The lowest BCUT2D eigenvalue weighted by molar-refractivity contribution is 0.301. The Labute approximate surface area is 205 Å². The summed E-state index contributed by atoms with van der Waals surface area (Å²) in [4.78, 5) is 14.6. The van der Waals surface area contributed by atoms with Gasteiger partial charge in [0, 0.05) is 43.8 Å². The van der Waals surface area contributed by atoms with Gasteiger partial charge in [-0.3, -0.25) is 4.57 Å². The second kappa shape index (κ2) is 8.40. The van der Waals surface area contributed by atoms with Gasteiger partial charge >= 0.3 is 0 Å². The summed E-state index contributed by atoms with van der Waals surface area (Å²) in [6, 6.07) is 16.5. The van der Waals surface area contributed by atoms with Gasteiger partial charge in [0.15, 0.2) is 5.82 Å². The summed E-state index contributed by atoms with van der Waals surface area (Å²) in [5.74, 6) is 3.27. The van der Waals surface area contributed by atoms with Crippen molar-refractivity contribution in [3.8, 4) is 34.4 Å². The normalized spacial score (nSPS) is 18.7. The van der Waals surface area contributed by atoms with E-state index in [2.05, 4.69) is 70.4 Å². The van der Waals surface area contributed by atoms with Gasteiger partial charge in [0.25, 0.3) is 0 Å². The highest BCUT2D eigenvalue weighted by Gasteiger charge is 2.31. The van der Waals surface area contributed by atoms with E-state index in [-0.39, 0.29) is 0 Å². The van der Waals surface area contributed by atoms with Crippen molar-refractivity contribution in [2.24, 2.45) is 11.8 Å². The number of pyridine rings is 1. The van der Waals surface area contributed by atoms with Crippen LogP contribution in [-0.2, 0) is 6.54 Å². The molecule has 0 spiro atoms. The molecule has 3 aromatic heterocycles. The number of hydrogen-bond acceptors (Lipinski definition) is 5. The zero-order valence-electron chi connectivity index (χ0n) is 20.4. The number of anilines is 1. The lowest BCUT2D eigenvalue weighted by Gasteiger charge is -2.21. The molecule has 5 heterocycles. The molecule has 1 saturated heterocycles. The Bertz CT molecular complexity index is 1420. The number of benzene rings is 1. The minimum absolute atomic E-state index is 0.643. The first-order valence-electron chi connectivity index (χ1n) is 12.1. The molecule has 0 bridgehead atoms.